The first-order valence-corrected chi connectivity index (χ1v) is 6.66. The van der Waals surface area contributed by atoms with Crippen molar-refractivity contribution >= 4 is 0 Å². The predicted octanol–water partition coefficient (Wildman–Crippen LogP) is 2.25. The summed E-state index contributed by atoms with van der Waals surface area (Å²) in [6.45, 7) is 3.16. The Balaban J connectivity index is 2.05. The van der Waals surface area contributed by atoms with Gasteiger partial charge in [-0.15, -0.1) is 0 Å². The van der Waals surface area contributed by atoms with Crippen molar-refractivity contribution in [3.63, 3.8) is 0 Å². The molecule has 0 saturated carbocycles. The number of nitrogens with one attached hydrogen (secondary N) is 1. The van der Waals surface area contributed by atoms with Gasteiger partial charge in [0.1, 0.15) is 5.75 Å². The van der Waals surface area contributed by atoms with Crippen LogP contribution in [0.3, 0.4) is 0 Å². The summed E-state index contributed by atoms with van der Waals surface area (Å²) < 4.78 is 11.1. The number of rotatable bonds is 5. The van der Waals surface area contributed by atoms with Crippen LogP contribution in [0.2, 0.25) is 0 Å². The maximum absolute atomic E-state index is 5.85. The lowest BCUT2D eigenvalue weighted by Gasteiger charge is -2.26. The lowest BCUT2D eigenvalue weighted by atomic mass is 9.93. The van der Waals surface area contributed by atoms with Gasteiger partial charge in [0.2, 0.25) is 0 Å². The molecule has 100 valence electrons. The first-order valence-electron chi connectivity index (χ1n) is 6.66. The molecule has 0 bridgehead atoms. The highest BCUT2D eigenvalue weighted by atomic mass is 16.5. The molecule has 2 rings (SSSR count). The number of hydrogen-bond donors (Lipinski definition) is 1. The van der Waals surface area contributed by atoms with Crippen LogP contribution in [0.15, 0.2) is 24.3 Å². The first kappa shape index (κ1) is 13.4. The van der Waals surface area contributed by atoms with Gasteiger partial charge in [0.15, 0.2) is 0 Å². The molecule has 0 aromatic heterocycles. The number of likely N-dealkylation sites (N-methyl/N-ethyl adjacent to an activating group) is 1. The van der Waals surface area contributed by atoms with Crippen molar-refractivity contribution in [3.8, 4) is 5.75 Å². The molecule has 0 spiro atoms. The largest absolute Gasteiger partial charge is 0.497 e. The van der Waals surface area contributed by atoms with E-state index in [0.29, 0.717) is 18.1 Å². The van der Waals surface area contributed by atoms with Gasteiger partial charge in [-0.05, 0) is 43.5 Å². The van der Waals surface area contributed by atoms with E-state index in [0.717, 1.165) is 18.8 Å². The van der Waals surface area contributed by atoms with E-state index in [2.05, 4.69) is 24.4 Å². The Hall–Kier alpha value is -1.06. The fourth-order valence-electron chi connectivity index (χ4n) is 2.67. The molecule has 1 aliphatic heterocycles. The van der Waals surface area contributed by atoms with E-state index in [1.165, 1.54) is 12.0 Å². The number of ether oxygens (including phenoxy) is 2. The Morgan fingerprint density at radius 1 is 1.50 bits per heavy atom. The predicted molar refractivity (Wildman–Crippen MR) is 73.1 cm³/mol. The van der Waals surface area contributed by atoms with Crippen LogP contribution >= 0.6 is 0 Å². The zero-order valence-electron chi connectivity index (χ0n) is 11.5. The topological polar surface area (TPSA) is 30.5 Å². The monoisotopic (exact) mass is 249 g/mol. The first-order chi connectivity index (χ1) is 8.74. The minimum Gasteiger partial charge on any atom is -0.497 e. The van der Waals surface area contributed by atoms with E-state index in [4.69, 9.17) is 9.47 Å². The summed E-state index contributed by atoms with van der Waals surface area (Å²) in [7, 11) is 3.72. The van der Waals surface area contributed by atoms with Gasteiger partial charge in [0.05, 0.1) is 13.2 Å². The molecular formula is C15H23NO2. The van der Waals surface area contributed by atoms with Gasteiger partial charge in [-0.1, -0.05) is 19.1 Å². The summed E-state index contributed by atoms with van der Waals surface area (Å²) in [4.78, 5) is 0. The standard InChI is InChI=1S/C15H23NO2/c1-11-7-8-18-15(11)14(16-2)10-12-5-4-6-13(9-12)17-3/h4-6,9,11,14-16H,7-8,10H2,1-3H3. The summed E-state index contributed by atoms with van der Waals surface area (Å²) in [5, 5.41) is 3.39. The second-order valence-electron chi connectivity index (χ2n) is 5.05. The minimum atomic E-state index is 0.321. The van der Waals surface area contributed by atoms with Crippen molar-refractivity contribution in [3.05, 3.63) is 29.8 Å². The molecule has 1 N–H and O–H groups in total. The van der Waals surface area contributed by atoms with Gasteiger partial charge in [-0.3, -0.25) is 0 Å². The van der Waals surface area contributed by atoms with Crippen molar-refractivity contribution in [1.29, 1.82) is 0 Å². The molecule has 1 aliphatic rings. The third-order valence-electron chi connectivity index (χ3n) is 3.80. The summed E-state index contributed by atoms with van der Waals surface area (Å²) >= 11 is 0. The van der Waals surface area contributed by atoms with Crippen LogP contribution in [0.5, 0.6) is 5.75 Å². The average Bonchev–Trinajstić information content (AvgIpc) is 2.82. The molecule has 3 unspecified atom stereocenters. The lowest BCUT2D eigenvalue weighted by Crippen LogP contribution is -2.41. The molecule has 1 fully saturated rings. The number of hydrogen-bond acceptors (Lipinski definition) is 3. The molecule has 1 aromatic carbocycles. The molecule has 1 heterocycles. The lowest BCUT2D eigenvalue weighted by molar-refractivity contribution is 0.0634. The van der Waals surface area contributed by atoms with Crippen LogP contribution in [0.1, 0.15) is 18.9 Å². The van der Waals surface area contributed by atoms with E-state index in [9.17, 15) is 0 Å². The van der Waals surface area contributed by atoms with Crippen molar-refractivity contribution in [2.45, 2.75) is 31.9 Å². The molecule has 3 heteroatoms. The Morgan fingerprint density at radius 3 is 2.94 bits per heavy atom. The van der Waals surface area contributed by atoms with Gasteiger partial charge in [0.25, 0.3) is 0 Å². The highest BCUT2D eigenvalue weighted by Gasteiger charge is 2.31. The quantitative estimate of drug-likeness (QED) is 0.868. The maximum atomic E-state index is 5.85. The summed E-state index contributed by atoms with van der Waals surface area (Å²) in [5.41, 5.74) is 1.29. The third-order valence-corrected chi connectivity index (χ3v) is 3.80. The third kappa shape index (κ3) is 3.03. The molecule has 0 aliphatic carbocycles. The Bertz CT molecular complexity index is 381. The van der Waals surface area contributed by atoms with Crippen molar-refractivity contribution in [2.75, 3.05) is 20.8 Å². The van der Waals surface area contributed by atoms with E-state index in [1.54, 1.807) is 7.11 Å². The minimum absolute atomic E-state index is 0.321. The maximum Gasteiger partial charge on any atom is 0.119 e. The molecule has 3 nitrogen and oxygen atoms in total. The normalized spacial score (nSPS) is 25.1. The van der Waals surface area contributed by atoms with Crippen molar-refractivity contribution in [1.82, 2.24) is 5.32 Å². The summed E-state index contributed by atoms with van der Waals surface area (Å²) in [6, 6.07) is 8.64. The Morgan fingerprint density at radius 2 is 2.33 bits per heavy atom. The number of benzene rings is 1. The molecule has 1 aromatic rings. The highest BCUT2D eigenvalue weighted by Crippen LogP contribution is 2.25. The van der Waals surface area contributed by atoms with Gasteiger partial charge < -0.3 is 14.8 Å². The van der Waals surface area contributed by atoms with E-state index in [1.807, 2.05) is 19.2 Å². The zero-order valence-corrected chi connectivity index (χ0v) is 11.5. The van der Waals surface area contributed by atoms with Crippen molar-refractivity contribution in [2.24, 2.45) is 5.92 Å². The molecule has 0 radical (unpaired) electrons. The van der Waals surface area contributed by atoms with Gasteiger partial charge in [0, 0.05) is 12.6 Å². The highest BCUT2D eigenvalue weighted by molar-refractivity contribution is 5.29. The van der Waals surface area contributed by atoms with Gasteiger partial charge >= 0.3 is 0 Å². The van der Waals surface area contributed by atoms with Crippen molar-refractivity contribution < 1.29 is 9.47 Å². The van der Waals surface area contributed by atoms with E-state index in [-0.39, 0.29) is 0 Å². The van der Waals surface area contributed by atoms with Crippen LogP contribution in [-0.2, 0) is 11.2 Å². The molecular weight excluding hydrogens is 226 g/mol. The molecule has 18 heavy (non-hydrogen) atoms. The van der Waals surface area contributed by atoms with Gasteiger partial charge in [-0.2, -0.15) is 0 Å². The average molecular weight is 249 g/mol. The smallest absolute Gasteiger partial charge is 0.119 e. The Kier molecular flexibility index (Phi) is 4.61. The fraction of sp³-hybridized carbons (Fsp3) is 0.600. The van der Waals surface area contributed by atoms with Crippen LogP contribution in [0.25, 0.3) is 0 Å². The SMILES string of the molecule is CNC(Cc1cccc(OC)c1)C1OCCC1C. The molecule has 0 amide bonds. The zero-order chi connectivity index (χ0) is 13.0. The van der Waals surface area contributed by atoms with Crippen LogP contribution < -0.4 is 10.1 Å². The summed E-state index contributed by atoms with van der Waals surface area (Å²) in [5.74, 6) is 1.55. The van der Waals surface area contributed by atoms with Crippen LogP contribution in [-0.4, -0.2) is 32.9 Å². The van der Waals surface area contributed by atoms with E-state index >= 15 is 0 Å². The number of methoxy groups -OCH3 is 1. The van der Waals surface area contributed by atoms with Gasteiger partial charge in [-0.25, -0.2) is 0 Å². The summed E-state index contributed by atoms with van der Waals surface area (Å²) in [6.07, 6.45) is 2.46. The second kappa shape index (κ2) is 6.21. The van der Waals surface area contributed by atoms with Crippen LogP contribution in [0.4, 0.5) is 0 Å². The van der Waals surface area contributed by atoms with Crippen LogP contribution in [0, 0.1) is 5.92 Å². The van der Waals surface area contributed by atoms with E-state index < -0.39 is 0 Å². The fourth-order valence-corrected chi connectivity index (χ4v) is 2.67. The second-order valence-corrected chi connectivity index (χ2v) is 5.05. The molecule has 3 atom stereocenters. The Labute approximate surface area is 109 Å². The molecule has 1 saturated heterocycles.